The van der Waals surface area contributed by atoms with Crippen LogP contribution >= 0.6 is 0 Å². The lowest BCUT2D eigenvalue weighted by Crippen LogP contribution is -2.46. The summed E-state index contributed by atoms with van der Waals surface area (Å²) in [6, 6.07) is 17.1. The average Bonchev–Trinajstić information content (AvgIpc) is 2.87. The Kier molecular flexibility index (Phi) is 11.9. The Balaban J connectivity index is 1.54. The topological polar surface area (TPSA) is 135 Å². The van der Waals surface area contributed by atoms with E-state index in [1.54, 1.807) is 13.8 Å². The van der Waals surface area contributed by atoms with E-state index in [2.05, 4.69) is 21.3 Å². The predicted molar refractivity (Wildman–Crippen MR) is 129 cm³/mol. The third kappa shape index (κ3) is 11.3. The Hall–Kier alpha value is -3.76. The lowest BCUT2D eigenvalue weighted by molar-refractivity contribution is -0.122. The standard InChI is InChI=1S/C25H32N4O6/c1-18(22(30)28-24(32)34-16-20-10-5-3-6-11-20)26-14-9-15-27-19(2)23(31)29-25(33)35-17-21-12-7-4-8-13-21/h3-8,10-13,18-19,26-27H,9,14-17H2,1-2H3,(H,28,30,32)(H,29,31,33)/t18-,19-/m0/s1. The molecular weight excluding hydrogens is 452 g/mol. The average molecular weight is 485 g/mol. The van der Waals surface area contributed by atoms with Gasteiger partial charge >= 0.3 is 12.2 Å². The molecule has 10 nitrogen and oxygen atoms in total. The molecule has 0 aromatic heterocycles. The molecule has 0 spiro atoms. The van der Waals surface area contributed by atoms with Crippen molar-refractivity contribution in [1.82, 2.24) is 21.3 Å². The van der Waals surface area contributed by atoms with Gasteiger partial charge in [-0.3, -0.25) is 20.2 Å². The van der Waals surface area contributed by atoms with Crippen LogP contribution in [0.3, 0.4) is 0 Å². The fourth-order valence-electron chi connectivity index (χ4n) is 2.85. The number of ether oxygens (including phenoxy) is 2. The number of alkyl carbamates (subject to hydrolysis) is 2. The maximum atomic E-state index is 12.1. The molecular formula is C25H32N4O6. The Morgan fingerprint density at radius 3 is 1.40 bits per heavy atom. The highest BCUT2D eigenvalue weighted by Gasteiger charge is 2.17. The molecule has 0 aliphatic rings. The van der Waals surface area contributed by atoms with Crippen LogP contribution in [0.4, 0.5) is 9.59 Å². The van der Waals surface area contributed by atoms with Crippen molar-refractivity contribution in [3.8, 4) is 0 Å². The number of carbonyl (C=O) groups is 4. The van der Waals surface area contributed by atoms with E-state index in [-0.39, 0.29) is 13.2 Å². The molecule has 4 amide bonds. The summed E-state index contributed by atoms with van der Waals surface area (Å²) in [5.74, 6) is -1.00. The summed E-state index contributed by atoms with van der Waals surface area (Å²) < 4.78 is 10.1. The maximum absolute atomic E-state index is 12.1. The summed E-state index contributed by atoms with van der Waals surface area (Å²) in [7, 11) is 0. The second-order valence-corrected chi connectivity index (χ2v) is 7.81. The van der Waals surface area contributed by atoms with Crippen molar-refractivity contribution in [3.63, 3.8) is 0 Å². The molecule has 2 aromatic carbocycles. The van der Waals surface area contributed by atoms with Crippen LogP contribution < -0.4 is 21.3 Å². The van der Waals surface area contributed by atoms with E-state index in [0.717, 1.165) is 11.1 Å². The van der Waals surface area contributed by atoms with Crippen LogP contribution in [0.1, 0.15) is 31.4 Å². The SMILES string of the molecule is C[C@H](NCCCN[C@@H](C)C(=O)NC(=O)OCc1ccccc1)C(=O)NC(=O)OCc1ccccc1. The summed E-state index contributed by atoms with van der Waals surface area (Å²) in [5, 5.41) is 10.4. The van der Waals surface area contributed by atoms with Gasteiger partial charge in [0.25, 0.3) is 0 Å². The van der Waals surface area contributed by atoms with E-state index in [1.165, 1.54) is 0 Å². The molecule has 0 saturated carbocycles. The third-order valence-corrected chi connectivity index (χ3v) is 4.92. The van der Waals surface area contributed by atoms with Gasteiger partial charge in [0.1, 0.15) is 13.2 Å². The van der Waals surface area contributed by atoms with E-state index in [0.29, 0.717) is 19.5 Å². The molecule has 0 unspecified atom stereocenters. The summed E-state index contributed by atoms with van der Waals surface area (Å²) in [4.78, 5) is 47.7. The molecule has 188 valence electrons. The first-order chi connectivity index (χ1) is 16.8. The summed E-state index contributed by atoms with van der Waals surface area (Å²) in [5.41, 5.74) is 1.64. The van der Waals surface area contributed by atoms with Gasteiger partial charge in [-0.05, 0) is 44.5 Å². The quantitative estimate of drug-likeness (QED) is 0.337. The number of amides is 4. The molecule has 2 aromatic rings. The molecule has 2 atom stereocenters. The fraction of sp³-hybridized carbons (Fsp3) is 0.360. The van der Waals surface area contributed by atoms with Gasteiger partial charge in [0.2, 0.25) is 11.8 Å². The van der Waals surface area contributed by atoms with E-state index >= 15 is 0 Å². The Morgan fingerprint density at radius 1 is 0.657 bits per heavy atom. The molecule has 2 rings (SSSR count). The molecule has 0 aliphatic heterocycles. The van der Waals surface area contributed by atoms with Gasteiger partial charge in [0.05, 0.1) is 12.1 Å². The molecule has 0 saturated heterocycles. The Morgan fingerprint density at radius 2 is 1.03 bits per heavy atom. The lowest BCUT2D eigenvalue weighted by atomic mass is 10.2. The van der Waals surface area contributed by atoms with Crippen LogP contribution in [-0.4, -0.2) is 49.2 Å². The number of nitrogens with one attached hydrogen (secondary N) is 4. The molecule has 10 heteroatoms. The number of imide groups is 2. The van der Waals surface area contributed by atoms with Crippen molar-refractivity contribution in [2.75, 3.05) is 13.1 Å². The summed E-state index contributed by atoms with van der Waals surface area (Å²) >= 11 is 0. The molecule has 0 aliphatic carbocycles. The number of hydrogen-bond acceptors (Lipinski definition) is 8. The zero-order valence-corrected chi connectivity index (χ0v) is 19.9. The van der Waals surface area contributed by atoms with E-state index in [9.17, 15) is 19.2 Å². The zero-order chi connectivity index (χ0) is 25.5. The van der Waals surface area contributed by atoms with E-state index < -0.39 is 36.1 Å². The zero-order valence-electron chi connectivity index (χ0n) is 19.9. The van der Waals surface area contributed by atoms with Crippen molar-refractivity contribution in [1.29, 1.82) is 0 Å². The molecule has 35 heavy (non-hydrogen) atoms. The Labute approximate surface area is 204 Å². The number of carbonyl (C=O) groups excluding carboxylic acids is 4. The minimum Gasteiger partial charge on any atom is -0.444 e. The molecule has 0 bridgehead atoms. The van der Waals surface area contributed by atoms with Gasteiger partial charge < -0.3 is 20.1 Å². The van der Waals surface area contributed by atoms with Crippen LogP contribution in [0.5, 0.6) is 0 Å². The molecule has 4 N–H and O–H groups in total. The second-order valence-electron chi connectivity index (χ2n) is 7.81. The van der Waals surface area contributed by atoms with Crippen molar-refractivity contribution >= 4 is 24.0 Å². The van der Waals surface area contributed by atoms with Crippen LogP contribution in [0.15, 0.2) is 60.7 Å². The first-order valence-electron chi connectivity index (χ1n) is 11.3. The van der Waals surface area contributed by atoms with Crippen molar-refractivity contribution in [2.24, 2.45) is 0 Å². The highest BCUT2D eigenvalue weighted by atomic mass is 16.6. The summed E-state index contributed by atoms with van der Waals surface area (Å²) in [6.07, 6.45) is -1.01. The largest absolute Gasteiger partial charge is 0.444 e. The van der Waals surface area contributed by atoms with Gasteiger partial charge in [0, 0.05) is 0 Å². The molecule has 0 fully saturated rings. The van der Waals surface area contributed by atoms with E-state index in [1.807, 2.05) is 60.7 Å². The highest BCUT2D eigenvalue weighted by Crippen LogP contribution is 2.01. The van der Waals surface area contributed by atoms with Crippen molar-refractivity contribution in [3.05, 3.63) is 71.8 Å². The minimum absolute atomic E-state index is 0.0734. The van der Waals surface area contributed by atoms with Gasteiger partial charge in [-0.25, -0.2) is 9.59 Å². The minimum atomic E-state index is -0.809. The van der Waals surface area contributed by atoms with Crippen LogP contribution in [0, 0.1) is 0 Å². The first kappa shape index (κ1) is 27.5. The second kappa shape index (κ2) is 15.2. The van der Waals surface area contributed by atoms with E-state index in [4.69, 9.17) is 9.47 Å². The maximum Gasteiger partial charge on any atom is 0.414 e. The van der Waals surface area contributed by atoms with Gasteiger partial charge in [-0.2, -0.15) is 0 Å². The van der Waals surface area contributed by atoms with Gasteiger partial charge in [0.15, 0.2) is 0 Å². The van der Waals surface area contributed by atoms with Gasteiger partial charge in [-0.15, -0.1) is 0 Å². The number of hydrogen-bond donors (Lipinski definition) is 4. The van der Waals surface area contributed by atoms with Gasteiger partial charge in [-0.1, -0.05) is 60.7 Å². The van der Waals surface area contributed by atoms with Crippen LogP contribution in [0.2, 0.25) is 0 Å². The normalized spacial score (nSPS) is 12.2. The molecule has 0 radical (unpaired) electrons. The third-order valence-electron chi connectivity index (χ3n) is 4.92. The highest BCUT2D eigenvalue weighted by molar-refractivity contribution is 5.95. The van der Waals surface area contributed by atoms with Crippen LogP contribution in [0.25, 0.3) is 0 Å². The predicted octanol–water partition coefficient (Wildman–Crippen LogP) is 2.24. The Bertz CT molecular complexity index is 877. The van der Waals surface area contributed by atoms with Crippen LogP contribution in [-0.2, 0) is 32.3 Å². The number of benzene rings is 2. The first-order valence-corrected chi connectivity index (χ1v) is 11.3. The summed E-state index contributed by atoms with van der Waals surface area (Å²) in [6.45, 7) is 4.34. The lowest BCUT2D eigenvalue weighted by Gasteiger charge is -2.15. The van der Waals surface area contributed by atoms with Crippen molar-refractivity contribution in [2.45, 2.75) is 45.6 Å². The van der Waals surface area contributed by atoms with Crippen molar-refractivity contribution < 1.29 is 28.7 Å². The number of rotatable bonds is 12. The smallest absolute Gasteiger partial charge is 0.414 e. The monoisotopic (exact) mass is 484 g/mol. The molecule has 0 heterocycles. The fourth-order valence-corrected chi connectivity index (χ4v) is 2.85.